The number of nitrogens with zero attached hydrogens (tertiary/aromatic N) is 2. The maximum atomic E-state index is 12.7. The van der Waals surface area contributed by atoms with E-state index in [2.05, 4.69) is 15.2 Å². The van der Waals surface area contributed by atoms with Crippen LogP contribution in [0.3, 0.4) is 0 Å². The number of para-hydroxylation sites is 2. The Hall–Kier alpha value is -3.58. The SMILES string of the molecule is Cn1c(-c2ccc(NC(=O)c3ccc4c(c3)NC(=O)CS4)cc2)nc2ccccc21. The predicted molar refractivity (Wildman–Crippen MR) is 120 cm³/mol. The molecule has 0 saturated heterocycles. The molecule has 0 bridgehead atoms. The van der Waals surface area contributed by atoms with E-state index in [4.69, 9.17) is 4.98 Å². The molecule has 0 spiro atoms. The standard InChI is InChI=1S/C23H18N4O2S/c1-27-19-5-3-2-4-17(19)26-22(27)14-6-9-16(10-7-14)24-23(29)15-8-11-20-18(12-15)25-21(28)13-30-20/h2-12H,13H2,1H3,(H,24,29)(H,25,28). The Bertz CT molecular complexity index is 1290. The van der Waals surface area contributed by atoms with Crippen LogP contribution in [0, 0.1) is 0 Å². The Morgan fingerprint density at radius 2 is 1.90 bits per heavy atom. The number of carbonyl (C=O) groups excluding carboxylic acids is 2. The van der Waals surface area contributed by atoms with Gasteiger partial charge in [-0.1, -0.05) is 12.1 Å². The van der Waals surface area contributed by atoms with Crippen molar-refractivity contribution >= 4 is 46.0 Å². The number of hydrogen-bond acceptors (Lipinski definition) is 4. The number of fused-ring (bicyclic) bond motifs is 2. The number of aromatic nitrogens is 2. The lowest BCUT2D eigenvalue weighted by Crippen LogP contribution is -2.19. The lowest BCUT2D eigenvalue weighted by atomic mass is 10.1. The molecule has 5 rings (SSSR count). The average molecular weight is 414 g/mol. The zero-order chi connectivity index (χ0) is 20.7. The van der Waals surface area contributed by atoms with E-state index in [0.29, 0.717) is 22.7 Å². The topological polar surface area (TPSA) is 76.0 Å². The molecular weight excluding hydrogens is 396 g/mol. The fourth-order valence-electron chi connectivity index (χ4n) is 3.53. The highest BCUT2D eigenvalue weighted by Gasteiger charge is 2.17. The zero-order valence-electron chi connectivity index (χ0n) is 16.2. The van der Waals surface area contributed by atoms with Crippen molar-refractivity contribution in [3.8, 4) is 11.4 Å². The molecule has 0 saturated carbocycles. The van der Waals surface area contributed by atoms with Gasteiger partial charge in [0.1, 0.15) is 5.82 Å². The van der Waals surface area contributed by atoms with Crippen LogP contribution in [0.15, 0.2) is 71.6 Å². The molecule has 0 atom stereocenters. The maximum Gasteiger partial charge on any atom is 0.255 e. The Kier molecular flexibility index (Phi) is 4.52. The molecule has 2 heterocycles. The number of aryl methyl sites for hydroxylation is 1. The molecule has 1 aromatic heterocycles. The van der Waals surface area contributed by atoms with Gasteiger partial charge in [-0.3, -0.25) is 9.59 Å². The van der Waals surface area contributed by atoms with Crippen LogP contribution in [0.1, 0.15) is 10.4 Å². The molecule has 1 aliphatic rings. The van der Waals surface area contributed by atoms with Crippen molar-refractivity contribution in [2.24, 2.45) is 7.05 Å². The minimum absolute atomic E-state index is 0.0532. The summed E-state index contributed by atoms with van der Waals surface area (Å²) in [6, 6.07) is 21.0. The average Bonchev–Trinajstić information content (AvgIpc) is 3.10. The van der Waals surface area contributed by atoms with Crippen LogP contribution in [-0.4, -0.2) is 27.1 Å². The first-order valence-corrected chi connectivity index (χ1v) is 10.5. The molecule has 4 aromatic rings. The summed E-state index contributed by atoms with van der Waals surface area (Å²) < 4.78 is 2.06. The van der Waals surface area contributed by atoms with Gasteiger partial charge in [-0.15, -0.1) is 11.8 Å². The number of benzene rings is 3. The molecule has 3 aromatic carbocycles. The van der Waals surface area contributed by atoms with E-state index < -0.39 is 0 Å². The van der Waals surface area contributed by atoms with Gasteiger partial charge in [-0.2, -0.15) is 0 Å². The number of hydrogen-bond donors (Lipinski definition) is 2. The van der Waals surface area contributed by atoms with Crippen LogP contribution in [0.25, 0.3) is 22.4 Å². The molecule has 2 N–H and O–H groups in total. The van der Waals surface area contributed by atoms with Gasteiger partial charge in [0.2, 0.25) is 5.91 Å². The van der Waals surface area contributed by atoms with Crippen LogP contribution < -0.4 is 10.6 Å². The summed E-state index contributed by atoms with van der Waals surface area (Å²) in [5.41, 5.74) is 4.86. The second-order valence-corrected chi connectivity index (χ2v) is 8.08. The van der Waals surface area contributed by atoms with Crippen molar-refractivity contribution < 1.29 is 9.59 Å². The van der Waals surface area contributed by atoms with Crippen molar-refractivity contribution in [1.82, 2.24) is 9.55 Å². The number of imidazole rings is 1. The molecule has 6 nitrogen and oxygen atoms in total. The van der Waals surface area contributed by atoms with E-state index in [9.17, 15) is 9.59 Å². The highest BCUT2D eigenvalue weighted by Crippen LogP contribution is 2.32. The smallest absolute Gasteiger partial charge is 0.255 e. The van der Waals surface area contributed by atoms with Crippen molar-refractivity contribution in [1.29, 1.82) is 0 Å². The molecule has 1 aliphatic heterocycles. The molecule has 148 valence electrons. The minimum atomic E-state index is -0.224. The molecular formula is C23H18N4O2S. The van der Waals surface area contributed by atoms with E-state index in [-0.39, 0.29) is 11.8 Å². The monoisotopic (exact) mass is 414 g/mol. The third kappa shape index (κ3) is 3.33. The predicted octanol–water partition coefficient (Wildman–Crippen LogP) is 4.54. The molecule has 30 heavy (non-hydrogen) atoms. The normalized spacial score (nSPS) is 13.0. The molecule has 7 heteroatoms. The van der Waals surface area contributed by atoms with Gasteiger partial charge in [-0.25, -0.2) is 4.98 Å². The summed E-state index contributed by atoms with van der Waals surface area (Å²) in [5.74, 6) is 0.994. The van der Waals surface area contributed by atoms with Crippen molar-refractivity contribution in [3.63, 3.8) is 0 Å². The molecule has 0 unspecified atom stereocenters. The summed E-state index contributed by atoms with van der Waals surface area (Å²) in [6.07, 6.45) is 0. The molecule has 0 fully saturated rings. The van der Waals surface area contributed by atoms with Crippen molar-refractivity contribution in [3.05, 3.63) is 72.3 Å². The number of amides is 2. The second kappa shape index (κ2) is 7.35. The Labute approximate surface area is 177 Å². The first-order chi connectivity index (χ1) is 14.6. The van der Waals surface area contributed by atoms with Crippen LogP contribution in [-0.2, 0) is 11.8 Å². The highest BCUT2D eigenvalue weighted by atomic mass is 32.2. The van der Waals surface area contributed by atoms with Gasteiger partial charge in [0, 0.05) is 28.8 Å². The second-order valence-electron chi connectivity index (χ2n) is 7.06. The molecule has 0 aliphatic carbocycles. The van der Waals surface area contributed by atoms with Crippen molar-refractivity contribution in [2.75, 3.05) is 16.4 Å². The number of rotatable bonds is 3. The van der Waals surface area contributed by atoms with Gasteiger partial charge < -0.3 is 15.2 Å². The first kappa shape index (κ1) is 18.4. The Morgan fingerprint density at radius 3 is 2.70 bits per heavy atom. The van der Waals surface area contributed by atoms with E-state index >= 15 is 0 Å². The molecule has 0 radical (unpaired) electrons. The third-order valence-corrected chi connectivity index (χ3v) is 6.14. The lowest BCUT2D eigenvalue weighted by molar-refractivity contribution is -0.113. The summed E-state index contributed by atoms with van der Waals surface area (Å²) in [6.45, 7) is 0. The molecule has 2 amide bonds. The van der Waals surface area contributed by atoms with E-state index in [0.717, 1.165) is 27.3 Å². The maximum absolute atomic E-state index is 12.7. The van der Waals surface area contributed by atoms with E-state index in [1.165, 1.54) is 11.8 Å². The number of carbonyl (C=O) groups is 2. The van der Waals surface area contributed by atoms with Gasteiger partial charge in [-0.05, 0) is 54.6 Å². The summed E-state index contributed by atoms with van der Waals surface area (Å²) in [7, 11) is 1.99. The Balaban J connectivity index is 1.36. The third-order valence-electron chi connectivity index (χ3n) is 5.06. The van der Waals surface area contributed by atoms with Gasteiger partial charge in [0.15, 0.2) is 0 Å². The quantitative estimate of drug-likeness (QED) is 0.516. The lowest BCUT2D eigenvalue weighted by Gasteiger charge is -2.17. The fraction of sp³-hybridized carbons (Fsp3) is 0.0870. The summed E-state index contributed by atoms with van der Waals surface area (Å²) in [4.78, 5) is 29.9. The fourth-order valence-corrected chi connectivity index (χ4v) is 4.32. The van der Waals surface area contributed by atoms with Crippen LogP contribution in [0.4, 0.5) is 11.4 Å². The van der Waals surface area contributed by atoms with Gasteiger partial charge in [0.25, 0.3) is 5.91 Å². The van der Waals surface area contributed by atoms with Crippen LogP contribution in [0.5, 0.6) is 0 Å². The number of nitrogens with one attached hydrogen (secondary N) is 2. The highest BCUT2D eigenvalue weighted by molar-refractivity contribution is 8.00. The largest absolute Gasteiger partial charge is 0.327 e. The van der Waals surface area contributed by atoms with E-state index in [1.807, 2.05) is 61.6 Å². The van der Waals surface area contributed by atoms with Crippen LogP contribution >= 0.6 is 11.8 Å². The van der Waals surface area contributed by atoms with Gasteiger partial charge >= 0.3 is 0 Å². The van der Waals surface area contributed by atoms with E-state index in [1.54, 1.807) is 12.1 Å². The van der Waals surface area contributed by atoms with Gasteiger partial charge in [0.05, 0.1) is 22.5 Å². The summed E-state index contributed by atoms with van der Waals surface area (Å²) >= 11 is 1.47. The van der Waals surface area contributed by atoms with Crippen LogP contribution in [0.2, 0.25) is 0 Å². The minimum Gasteiger partial charge on any atom is -0.327 e. The zero-order valence-corrected chi connectivity index (χ0v) is 17.0. The Morgan fingerprint density at radius 1 is 1.10 bits per heavy atom. The number of anilines is 2. The first-order valence-electron chi connectivity index (χ1n) is 9.48. The van der Waals surface area contributed by atoms with Crippen molar-refractivity contribution in [2.45, 2.75) is 4.90 Å². The number of thioether (sulfide) groups is 1. The summed E-state index contributed by atoms with van der Waals surface area (Å²) in [5, 5.41) is 5.72.